The summed E-state index contributed by atoms with van der Waals surface area (Å²) in [6.07, 6.45) is 1.23. The third-order valence-corrected chi connectivity index (χ3v) is 7.49. The molecule has 0 aliphatic carbocycles. The van der Waals surface area contributed by atoms with E-state index in [4.69, 9.17) is 15.2 Å². The third kappa shape index (κ3) is 7.25. The number of carbonyl (C=O) groups excluding carboxylic acids is 1. The normalized spacial score (nSPS) is 16.7. The van der Waals surface area contributed by atoms with Gasteiger partial charge in [0.1, 0.15) is 11.9 Å². The number of benzene rings is 2. The first-order chi connectivity index (χ1) is 16.6. The average molecular weight is 506 g/mol. The second-order valence-corrected chi connectivity index (χ2v) is 11.2. The van der Waals surface area contributed by atoms with Gasteiger partial charge in [0.05, 0.1) is 23.8 Å². The quantitative estimate of drug-likeness (QED) is 0.420. The van der Waals surface area contributed by atoms with Crippen molar-refractivity contribution in [3.8, 4) is 5.75 Å². The lowest BCUT2D eigenvalue weighted by molar-refractivity contribution is 0.0810. The minimum absolute atomic E-state index is 0.0279. The first kappa shape index (κ1) is 26.6. The van der Waals surface area contributed by atoms with E-state index in [1.807, 2.05) is 20.8 Å². The highest BCUT2D eigenvalue weighted by Gasteiger charge is 2.28. The molecule has 2 aromatic rings. The van der Waals surface area contributed by atoms with E-state index >= 15 is 0 Å². The molecule has 1 amide bonds. The second-order valence-electron chi connectivity index (χ2n) is 9.30. The minimum atomic E-state index is -3.90. The smallest absolute Gasteiger partial charge is 0.407 e. The lowest BCUT2D eigenvalue weighted by atomic mass is 10.1. The van der Waals surface area contributed by atoms with Gasteiger partial charge in [-0.3, -0.25) is 4.31 Å². The number of rotatable bonds is 10. The minimum Gasteiger partial charge on any atom is -0.506 e. The van der Waals surface area contributed by atoms with Crippen molar-refractivity contribution in [2.75, 3.05) is 29.8 Å². The SMILES string of the molecule is CC(C)CN(c1ccc(CC[C@H](C)NC(=O)O[C@H]2CCOC2)cc1O)S(=O)(=O)c1ccc(N)cc1. The Morgan fingerprint density at radius 2 is 1.94 bits per heavy atom. The van der Waals surface area contributed by atoms with Crippen molar-refractivity contribution in [2.45, 2.75) is 57.1 Å². The number of nitrogens with zero attached hydrogens (tertiary/aromatic N) is 1. The molecule has 0 radical (unpaired) electrons. The van der Waals surface area contributed by atoms with Crippen molar-refractivity contribution in [3.05, 3.63) is 48.0 Å². The molecule has 1 heterocycles. The number of aromatic hydroxyl groups is 1. The van der Waals surface area contributed by atoms with E-state index in [0.29, 0.717) is 38.2 Å². The molecule has 0 unspecified atom stereocenters. The monoisotopic (exact) mass is 505 g/mol. The molecule has 0 aromatic heterocycles. The predicted octanol–water partition coefficient (Wildman–Crippen LogP) is 3.66. The number of phenolic OH excluding ortho intramolecular Hbond substituents is 1. The fourth-order valence-corrected chi connectivity index (χ4v) is 5.45. The van der Waals surface area contributed by atoms with Crippen LogP contribution in [0.15, 0.2) is 47.4 Å². The van der Waals surface area contributed by atoms with Gasteiger partial charge in [-0.2, -0.15) is 0 Å². The predicted molar refractivity (Wildman–Crippen MR) is 135 cm³/mol. The zero-order chi connectivity index (χ0) is 25.6. The number of carbonyl (C=O) groups is 1. The van der Waals surface area contributed by atoms with Crippen molar-refractivity contribution in [1.29, 1.82) is 0 Å². The molecule has 1 saturated heterocycles. The zero-order valence-electron chi connectivity index (χ0n) is 20.4. The average Bonchev–Trinajstić information content (AvgIpc) is 3.29. The van der Waals surface area contributed by atoms with Gasteiger partial charge in [0.15, 0.2) is 0 Å². The summed E-state index contributed by atoms with van der Waals surface area (Å²) in [5.41, 5.74) is 7.22. The first-order valence-electron chi connectivity index (χ1n) is 11.8. The van der Waals surface area contributed by atoms with Crippen LogP contribution in [0.3, 0.4) is 0 Å². The Labute approximate surface area is 207 Å². The number of nitrogen functional groups attached to an aromatic ring is 1. The van der Waals surface area contributed by atoms with Crippen molar-refractivity contribution in [1.82, 2.24) is 5.32 Å². The molecule has 1 aliphatic rings. The Kier molecular flexibility index (Phi) is 8.85. The van der Waals surface area contributed by atoms with Crippen LogP contribution < -0.4 is 15.4 Å². The number of sulfonamides is 1. The van der Waals surface area contributed by atoms with Crippen molar-refractivity contribution in [2.24, 2.45) is 5.92 Å². The molecule has 192 valence electrons. The van der Waals surface area contributed by atoms with E-state index in [-0.39, 0.29) is 40.9 Å². The maximum absolute atomic E-state index is 13.4. The van der Waals surface area contributed by atoms with Crippen LogP contribution in [-0.4, -0.2) is 51.5 Å². The molecule has 2 atom stereocenters. The summed E-state index contributed by atoms with van der Waals surface area (Å²) >= 11 is 0. The molecular formula is C25H35N3O6S. The molecule has 1 aliphatic heterocycles. The zero-order valence-corrected chi connectivity index (χ0v) is 21.3. The van der Waals surface area contributed by atoms with Crippen LogP contribution >= 0.6 is 0 Å². The first-order valence-corrected chi connectivity index (χ1v) is 13.3. The van der Waals surface area contributed by atoms with Gasteiger partial charge in [-0.1, -0.05) is 19.9 Å². The highest BCUT2D eigenvalue weighted by atomic mass is 32.2. The highest BCUT2D eigenvalue weighted by molar-refractivity contribution is 7.92. The third-order valence-electron chi connectivity index (χ3n) is 5.70. The van der Waals surface area contributed by atoms with E-state index in [1.165, 1.54) is 28.6 Å². The van der Waals surface area contributed by atoms with E-state index in [0.717, 1.165) is 5.56 Å². The summed E-state index contributed by atoms with van der Waals surface area (Å²) in [6.45, 7) is 6.93. The summed E-state index contributed by atoms with van der Waals surface area (Å²) in [6, 6.07) is 10.8. The Bertz CT molecular complexity index is 1100. The molecular weight excluding hydrogens is 470 g/mol. The molecule has 9 nitrogen and oxygen atoms in total. The highest BCUT2D eigenvalue weighted by Crippen LogP contribution is 2.34. The number of amides is 1. The van der Waals surface area contributed by atoms with Crippen LogP contribution in [0.25, 0.3) is 0 Å². The summed E-state index contributed by atoms with van der Waals surface area (Å²) in [7, 11) is -3.90. The summed E-state index contributed by atoms with van der Waals surface area (Å²) in [4.78, 5) is 12.1. The lowest BCUT2D eigenvalue weighted by Crippen LogP contribution is -2.36. The molecule has 0 saturated carbocycles. The number of phenols is 1. The number of anilines is 2. The van der Waals surface area contributed by atoms with Crippen LogP contribution in [0.2, 0.25) is 0 Å². The molecule has 0 spiro atoms. The molecule has 2 aromatic carbocycles. The molecule has 0 bridgehead atoms. The van der Waals surface area contributed by atoms with Crippen LogP contribution in [0.5, 0.6) is 5.75 Å². The standard InChI is InChI=1S/C25H35N3O6S/c1-17(2)15-28(35(31,32)22-9-7-20(26)8-10-22)23-11-6-19(14-24(23)29)5-4-18(3)27-25(30)34-21-12-13-33-16-21/h6-11,14,17-18,21,29H,4-5,12-13,15-16,26H2,1-3H3,(H,27,30)/t18-,21-/m0/s1. The Hall–Kier alpha value is -2.98. The van der Waals surface area contributed by atoms with Gasteiger partial charge in [-0.25, -0.2) is 13.2 Å². The number of alkyl carbamates (subject to hydrolysis) is 1. The van der Waals surface area contributed by atoms with Gasteiger partial charge >= 0.3 is 6.09 Å². The number of aryl methyl sites for hydroxylation is 1. The van der Waals surface area contributed by atoms with Gasteiger partial charge in [-0.05, 0) is 67.6 Å². The van der Waals surface area contributed by atoms with Gasteiger partial charge in [0.2, 0.25) is 0 Å². The molecule has 1 fully saturated rings. The van der Waals surface area contributed by atoms with Crippen LogP contribution in [0.4, 0.5) is 16.2 Å². The van der Waals surface area contributed by atoms with E-state index in [2.05, 4.69) is 5.32 Å². The van der Waals surface area contributed by atoms with Crippen molar-refractivity contribution >= 4 is 27.5 Å². The summed E-state index contributed by atoms with van der Waals surface area (Å²) in [5, 5.41) is 13.6. The van der Waals surface area contributed by atoms with Crippen LogP contribution in [0.1, 0.15) is 39.2 Å². The number of hydrogen-bond acceptors (Lipinski definition) is 7. The van der Waals surface area contributed by atoms with Crippen molar-refractivity contribution in [3.63, 3.8) is 0 Å². The van der Waals surface area contributed by atoms with Crippen LogP contribution in [-0.2, 0) is 25.9 Å². The Morgan fingerprint density at radius 1 is 1.23 bits per heavy atom. The molecule has 3 rings (SSSR count). The number of nitrogens with one attached hydrogen (secondary N) is 1. The lowest BCUT2D eigenvalue weighted by Gasteiger charge is -2.27. The Morgan fingerprint density at radius 3 is 2.54 bits per heavy atom. The van der Waals surface area contributed by atoms with E-state index < -0.39 is 16.1 Å². The second kappa shape index (κ2) is 11.6. The largest absolute Gasteiger partial charge is 0.506 e. The van der Waals surface area contributed by atoms with E-state index in [1.54, 1.807) is 18.2 Å². The molecule has 35 heavy (non-hydrogen) atoms. The van der Waals surface area contributed by atoms with Gasteiger partial charge < -0.3 is 25.6 Å². The summed E-state index contributed by atoms with van der Waals surface area (Å²) in [5.74, 6) is -0.0940. The maximum atomic E-state index is 13.4. The van der Waals surface area contributed by atoms with Gasteiger partial charge in [0, 0.05) is 24.7 Å². The van der Waals surface area contributed by atoms with E-state index in [9.17, 15) is 18.3 Å². The maximum Gasteiger partial charge on any atom is 0.407 e. The molecule has 10 heteroatoms. The Balaban J connectivity index is 1.68. The van der Waals surface area contributed by atoms with Crippen LogP contribution in [0, 0.1) is 5.92 Å². The fraction of sp³-hybridized carbons (Fsp3) is 0.480. The van der Waals surface area contributed by atoms with Crippen molar-refractivity contribution < 1.29 is 27.8 Å². The fourth-order valence-electron chi connectivity index (χ4n) is 3.81. The number of ether oxygens (including phenoxy) is 2. The van der Waals surface area contributed by atoms with Gasteiger partial charge in [-0.15, -0.1) is 0 Å². The number of nitrogens with two attached hydrogens (primary N) is 1. The molecule has 4 N–H and O–H groups in total. The number of hydrogen-bond donors (Lipinski definition) is 3. The van der Waals surface area contributed by atoms with Gasteiger partial charge in [0.25, 0.3) is 10.0 Å². The topological polar surface area (TPSA) is 131 Å². The summed E-state index contributed by atoms with van der Waals surface area (Å²) < 4.78 is 38.5.